The molecular weight excluding hydrogens is 316 g/mol. The van der Waals surface area contributed by atoms with E-state index >= 15 is 0 Å². The van der Waals surface area contributed by atoms with Crippen LogP contribution in [0.2, 0.25) is 18.1 Å². The highest BCUT2D eigenvalue weighted by molar-refractivity contribution is 7.91. The molecule has 5 nitrogen and oxygen atoms in total. The van der Waals surface area contributed by atoms with Gasteiger partial charge < -0.3 is 5.11 Å². The Hall–Kier alpha value is -0.763. The van der Waals surface area contributed by atoms with Crippen LogP contribution in [-0.2, 0) is 15.6 Å². The lowest BCUT2D eigenvalue weighted by molar-refractivity contribution is 0.0735. The second-order valence-electron chi connectivity index (χ2n) is 7.82. The molecule has 0 saturated heterocycles. The minimum Gasteiger partial charge on any atom is -0.384 e. The fourth-order valence-corrected chi connectivity index (χ4v) is 6.75. The van der Waals surface area contributed by atoms with Crippen LogP contribution in [0.15, 0.2) is 17.0 Å². The monoisotopic (exact) mass is 344 g/mol. The molecule has 1 aromatic rings. The van der Waals surface area contributed by atoms with Crippen LogP contribution in [0.4, 0.5) is 0 Å². The maximum absolute atomic E-state index is 12.7. The maximum Gasteiger partial charge on any atom is 0.236 e. The van der Waals surface area contributed by atoms with Crippen LogP contribution in [-0.4, -0.2) is 26.7 Å². The summed E-state index contributed by atoms with van der Waals surface area (Å²) in [6.07, 6.45) is 0. The highest BCUT2D eigenvalue weighted by Crippen LogP contribution is 2.35. The van der Waals surface area contributed by atoms with Crippen molar-refractivity contribution in [3.05, 3.63) is 23.5 Å². The number of aromatic nitrogens is 1. The molecule has 0 aliphatic rings. The molecule has 0 unspecified atom stereocenters. The molecule has 1 heterocycles. The average Bonchev–Trinajstić information content (AvgIpc) is 2.23. The predicted molar refractivity (Wildman–Crippen MR) is 91.7 cm³/mol. The van der Waals surface area contributed by atoms with Crippen molar-refractivity contribution in [1.82, 2.24) is 9.37 Å². The summed E-state index contributed by atoms with van der Waals surface area (Å²) in [5.41, 5.74) is -0.248. The van der Waals surface area contributed by atoms with E-state index in [1.807, 2.05) is 33.9 Å². The van der Waals surface area contributed by atoms with E-state index in [9.17, 15) is 13.5 Å². The Labute approximate surface area is 135 Å². The fraction of sp³-hybridized carbons (Fsp3) is 0.667. The number of nitrogens with zero attached hydrogens (tertiary/aromatic N) is 1. The van der Waals surface area contributed by atoms with Crippen LogP contribution in [0.1, 0.15) is 46.0 Å². The molecule has 126 valence electrons. The van der Waals surface area contributed by atoms with Gasteiger partial charge in [-0.3, -0.25) is 4.98 Å². The lowest BCUT2D eigenvalue weighted by Gasteiger charge is -2.36. The third-order valence-corrected chi connectivity index (χ3v) is 12.1. The van der Waals surface area contributed by atoms with Gasteiger partial charge in [0.05, 0.1) is 11.4 Å². The first-order valence-electron chi connectivity index (χ1n) is 7.32. The molecule has 0 amide bonds. The number of hydrogen-bond donors (Lipinski definition) is 2. The standard InChI is InChI=1S/C15H28N2O3SSi/c1-11-12(9-10-13(16-11)15(5,6)18)21(19,20)17-22(7,8)14(2,3)4/h9-10,17-18H,1-8H3. The predicted octanol–water partition coefficient (Wildman–Crippen LogP) is 2.90. The minimum atomic E-state index is -3.63. The highest BCUT2D eigenvalue weighted by atomic mass is 32.2. The topological polar surface area (TPSA) is 79.3 Å². The molecule has 1 rings (SSSR count). The molecule has 0 atom stereocenters. The molecule has 0 fully saturated rings. The fourth-order valence-electron chi connectivity index (χ4n) is 1.72. The number of rotatable bonds is 4. The van der Waals surface area contributed by atoms with Gasteiger partial charge in [-0.1, -0.05) is 33.9 Å². The zero-order valence-corrected chi connectivity index (χ0v) is 16.6. The molecule has 1 aromatic heterocycles. The van der Waals surface area contributed by atoms with Gasteiger partial charge in [-0.15, -0.1) is 0 Å². The Morgan fingerprint density at radius 2 is 1.64 bits per heavy atom. The Morgan fingerprint density at radius 3 is 2.00 bits per heavy atom. The zero-order chi connectivity index (χ0) is 17.6. The molecule has 0 aliphatic heterocycles. The molecule has 0 spiro atoms. The van der Waals surface area contributed by atoms with Gasteiger partial charge in [0, 0.05) is 0 Å². The van der Waals surface area contributed by atoms with Crippen LogP contribution in [0.25, 0.3) is 0 Å². The molecule has 0 radical (unpaired) electrons. The van der Waals surface area contributed by atoms with Gasteiger partial charge in [0.25, 0.3) is 0 Å². The summed E-state index contributed by atoms with van der Waals surface area (Å²) in [5.74, 6) is 0. The molecule has 0 bridgehead atoms. The summed E-state index contributed by atoms with van der Waals surface area (Å²) >= 11 is 0. The third kappa shape index (κ3) is 4.16. The first-order valence-corrected chi connectivity index (χ1v) is 11.8. The maximum atomic E-state index is 12.7. The summed E-state index contributed by atoms with van der Waals surface area (Å²) < 4.78 is 28.3. The van der Waals surface area contributed by atoms with E-state index in [0.29, 0.717) is 11.4 Å². The summed E-state index contributed by atoms with van der Waals surface area (Å²) in [6.45, 7) is 15.0. The summed E-state index contributed by atoms with van der Waals surface area (Å²) in [6, 6.07) is 3.08. The molecule has 2 N–H and O–H groups in total. The number of nitrogens with one attached hydrogen (secondary N) is 1. The molecular formula is C15H28N2O3SSi. The smallest absolute Gasteiger partial charge is 0.236 e. The summed E-state index contributed by atoms with van der Waals surface area (Å²) in [4.78, 5) is 4.42. The largest absolute Gasteiger partial charge is 0.384 e. The van der Waals surface area contributed by atoms with Crippen LogP contribution in [0, 0.1) is 6.92 Å². The average molecular weight is 345 g/mol. The number of aryl methyl sites for hydroxylation is 1. The van der Waals surface area contributed by atoms with E-state index in [0.717, 1.165) is 0 Å². The second-order valence-corrected chi connectivity index (χ2v) is 14.8. The van der Waals surface area contributed by atoms with Crippen molar-refractivity contribution in [2.24, 2.45) is 0 Å². The van der Waals surface area contributed by atoms with Crippen molar-refractivity contribution < 1.29 is 13.5 Å². The SMILES string of the molecule is Cc1nc(C(C)(C)O)ccc1S(=O)(=O)N[Si](C)(C)C(C)(C)C. The van der Waals surface area contributed by atoms with Gasteiger partial charge in [0.2, 0.25) is 10.0 Å². The van der Waals surface area contributed by atoms with Crippen molar-refractivity contribution in [3.8, 4) is 0 Å². The van der Waals surface area contributed by atoms with Crippen molar-refractivity contribution >= 4 is 18.3 Å². The van der Waals surface area contributed by atoms with Gasteiger partial charge in [0.1, 0.15) is 18.7 Å². The van der Waals surface area contributed by atoms with E-state index in [-0.39, 0.29) is 9.93 Å². The highest BCUT2D eigenvalue weighted by Gasteiger charge is 2.40. The van der Waals surface area contributed by atoms with Crippen LogP contribution in [0.5, 0.6) is 0 Å². The number of sulfonamides is 1. The number of aliphatic hydroxyl groups is 1. The number of pyridine rings is 1. The van der Waals surface area contributed by atoms with Gasteiger partial charge in [-0.25, -0.2) is 12.8 Å². The van der Waals surface area contributed by atoms with Gasteiger partial charge >= 0.3 is 0 Å². The second kappa shape index (κ2) is 5.70. The Bertz CT molecular complexity index is 656. The van der Waals surface area contributed by atoms with Crippen molar-refractivity contribution in [3.63, 3.8) is 0 Å². The van der Waals surface area contributed by atoms with Crippen LogP contribution in [0.3, 0.4) is 0 Å². The first kappa shape index (κ1) is 19.3. The van der Waals surface area contributed by atoms with E-state index in [2.05, 4.69) is 9.37 Å². The Morgan fingerprint density at radius 1 is 1.14 bits per heavy atom. The lowest BCUT2D eigenvalue weighted by Crippen LogP contribution is -2.54. The van der Waals surface area contributed by atoms with E-state index in [1.165, 1.54) is 6.07 Å². The van der Waals surface area contributed by atoms with Crippen molar-refractivity contribution in [1.29, 1.82) is 0 Å². The lowest BCUT2D eigenvalue weighted by atomic mass is 10.0. The molecule has 22 heavy (non-hydrogen) atoms. The third-order valence-electron chi connectivity index (χ3n) is 4.22. The van der Waals surface area contributed by atoms with E-state index in [1.54, 1.807) is 26.8 Å². The quantitative estimate of drug-likeness (QED) is 0.823. The van der Waals surface area contributed by atoms with Gasteiger partial charge in [-0.2, -0.15) is 0 Å². The van der Waals surface area contributed by atoms with Crippen molar-refractivity contribution in [2.75, 3.05) is 0 Å². The summed E-state index contributed by atoms with van der Waals surface area (Å²) in [7, 11) is -5.84. The van der Waals surface area contributed by atoms with Crippen LogP contribution < -0.4 is 4.39 Å². The molecule has 0 aliphatic carbocycles. The first-order chi connectivity index (χ1) is 9.58. The van der Waals surface area contributed by atoms with Crippen LogP contribution >= 0.6 is 0 Å². The normalized spacial score (nSPS) is 14.2. The zero-order valence-electron chi connectivity index (χ0n) is 14.8. The number of hydrogen-bond acceptors (Lipinski definition) is 4. The molecule has 7 heteroatoms. The van der Waals surface area contributed by atoms with E-state index < -0.39 is 23.9 Å². The minimum absolute atomic E-state index is 0.103. The summed E-state index contributed by atoms with van der Waals surface area (Å²) in [5, 5.41) is 9.88. The van der Waals surface area contributed by atoms with Gasteiger partial charge in [0.15, 0.2) is 0 Å². The molecule has 0 aromatic carbocycles. The van der Waals surface area contributed by atoms with Gasteiger partial charge in [-0.05, 0) is 37.9 Å². The molecule has 0 saturated carbocycles. The Kier molecular flexibility index (Phi) is 5.00. The van der Waals surface area contributed by atoms with E-state index in [4.69, 9.17) is 0 Å². The van der Waals surface area contributed by atoms with Crippen molar-refractivity contribution in [2.45, 2.75) is 70.2 Å². The Balaban J connectivity index is 3.26.